The molecule has 0 atom stereocenters. The molecule has 106 valence electrons. The Morgan fingerprint density at radius 2 is 2.00 bits per heavy atom. The highest BCUT2D eigenvalue weighted by Gasteiger charge is 2.18. The van der Waals surface area contributed by atoms with Gasteiger partial charge in [-0.3, -0.25) is 14.9 Å². The molecular formula is C13H12FNO4S. The fraction of sp³-hybridized carbons (Fsp3) is 0.154. The minimum atomic E-state index is -0.745. The van der Waals surface area contributed by atoms with Crippen molar-refractivity contribution >= 4 is 23.3 Å². The Bertz CT molecular complexity index is 612. The number of aldehydes is 1. The van der Waals surface area contributed by atoms with Crippen LogP contribution in [0.5, 0.6) is 11.5 Å². The largest absolute Gasteiger partial charge is 0.448 e. The third kappa shape index (κ3) is 3.61. The Morgan fingerprint density at radius 1 is 1.30 bits per heavy atom. The quantitative estimate of drug-likeness (QED) is 0.475. The Labute approximate surface area is 118 Å². The lowest BCUT2D eigenvalue weighted by atomic mass is 10.3. The average molecular weight is 297 g/mol. The molecule has 0 saturated carbocycles. The number of nitro groups is 1. The molecule has 0 spiro atoms. The van der Waals surface area contributed by atoms with Crippen LogP contribution in [0.25, 0.3) is 0 Å². The van der Waals surface area contributed by atoms with Crippen molar-refractivity contribution < 1.29 is 18.8 Å². The van der Waals surface area contributed by atoms with Gasteiger partial charge in [0.25, 0.3) is 0 Å². The number of ether oxygens (including phenoxy) is 1. The number of carbonyl (C=O) groups is 1. The van der Waals surface area contributed by atoms with Crippen LogP contribution in [0.3, 0.4) is 0 Å². The normalized spacial score (nSPS) is 9.35. The third-order valence-electron chi connectivity index (χ3n) is 2.10. The van der Waals surface area contributed by atoms with Gasteiger partial charge in [-0.25, -0.2) is 4.39 Å². The number of rotatable bonds is 4. The molecular weight excluding hydrogens is 285 g/mol. The lowest BCUT2D eigenvalue weighted by molar-refractivity contribution is -0.385. The molecule has 0 N–H and O–H groups in total. The zero-order valence-corrected chi connectivity index (χ0v) is 11.6. The van der Waals surface area contributed by atoms with E-state index in [4.69, 9.17) is 4.74 Å². The average Bonchev–Trinajstić information content (AvgIpc) is 2.90. The van der Waals surface area contributed by atoms with Crippen LogP contribution in [-0.2, 0) is 0 Å². The smallest absolute Gasteiger partial charge is 0.314 e. The first-order valence-electron chi connectivity index (χ1n) is 5.76. The molecule has 1 aromatic carbocycles. The summed E-state index contributed by atoms with van der Waals surface area (Å²) in [5, 5.41) is 12.4. The first kappa shape index (κ1) is 15.8. The Kier molecular flexibility index (Phi) is 5.79. The molecule has 0 aliphatic rings. The number of benzene rings is 1. The third-order valence-corrected chi connectivity index (χ3v) is 2.93. The van der Waals surface area contributed by atoms with Crippen molar-refractivity contribution in [3.63, 3.8) is 0 Å². The van der Waals surface area contributed by atoms with Crippen LogP contribution < -0.4 is 4.74 Å². The van der Waals surface area contributed by atoms with Crippen LogP contribution in [0.1, 0.15) is 23.5 Å². The van der Waals surface area contributed by atoms with Crippen molar-refractivity contribution in [1.29, 1.82) is 0 Å². The topological polar surface area (TPSA) is 69.4 Å². The molecule has 0 aliphatic heterocycles. The summed E-state index contributed by atoms with van der Waals surface area (Å²) in [7, 11) is 0. The number of halogens is 1. The maximum absolute atomic E-state index is 12.9. The number of carbonyl (C=O) groups excluding carboxylic acids is 1. The second-order valence-corrected chi connectivity index (χ2v) is 4.19. The van der Waals surface area contributed by atoms with Gasteiger partial charge in [-0.1, -0.05) is 13.8 Å². The summed E-state index contributed by atoms with van der Waals surface area (Å²) in [6.07, 6.45) is 0.593. The second-order valence-electron chi connectivity index (χ2n) is 3.24. The second kappa shape index (κ2) is 7.34. The number of hydrogen-bond acceptors (Lipinski definition) is 5. The first-order chi connectivity index (χ1) is 9.61. The van der Waals surface area contributed by atoms with E-state index in [1.165, 1.54) is 6.07 Å². The molecule has 0 amide bonds. The lowest BCUT2D eigenvalue weighted by Crippen LogP contribution is -1.94. The van der Waals surface area contributed by atoms with Crippen molar-refractivity contribution in [2.24, 2.45) is 0 Å². The fourth-order valence-corrected chi connectivity index (χ4v) is 1.94. The van der Waals surface area contributed by atoms with Gasteiger partial charge < -0.3 is 4.74 Å². The van der Waals surface area contributed by atoms with Crippen LogP contribution in [0, 0.1) is 15.9 Å². The number of nitro benzene ring substituents is 1. The van der Waals surface area contributed by atoms with Crippen LogP contribution in [0.15, 0.2) is 29.6 Å². The van der Waals surface area contributed by atoms with Crippen molar-refractivity contribution in [2.75, 3.05) is 0 Å². The molecule has 2 aromatic rings. The van der Waals surface area contributed by atoms with Gasteiger partial charge >= 0.3 is 5.69 Å². The van der Waals surface area contributed by atoms with Crippen molar-refractivity contribution in [1.82, 2.24) is 0 Å². The predicted octanol–water partition coefficient (Wildman–Crippen LogP) is 4.43. The molecule has 1 heterocycles. The molecule has 5 nitrogen and oxygen atoms in total. The van der Waals surface area contributed by atoms with E-state index in [0.717, 1.165) is 29.5 Å². The summed E-state index contributed by atoms with van der Waals surface area (Å²) in [5.74, 6) is -0.623. The zero-order valence-electron chi connectivity index (χ0n) is 10.8. The van der Waals surface area contributed by atoms with Crippen molar-refractivity contribution in [3.8, 4) is 11.5 Å². The SMILES string of the molecule is CC.O=Cc1sccc1Oc1ccc(F)cc1[N+](=O)[O-]. The molecule has 0 fully saturated rings. The monoisotopic (exact) mass is 297 g/mol. The van der Waals surface area contributed by atoms with E-state index >= 15 is 0 Å². The van der Waals surface area contributed by atoms with E-state index in [0.29, 0.717) is 11.2 Å². The van der Waals surface area contributed by atoms with E-state index in [1.807, 2.05) is 13.8 Å². The molecule has 0 radical (unpaired) electrons. The van der Waals surface area contributed by atoms with E-state index in [-0.39, 0.29) is 11.5 Å². The Hall–Kier alpha value is -2.28. The summed E-state index contributed by atoms with van der Waals surface area (Å²) >= 11 is 1.15. The van der Waals surface area contributed by atoms with Crippen LogP contribution >= 0.6 is 11.3 Å². The zero-order chi connectivity index (χ0) is 15.1. The van der Waals surface area contributed by atoms with Gasteiger partial charge in [-0.05, 0) is 23.6 Å². The van der Waals surface area contributed by atoms with E-state index < -0.39 is 16.4 Å². The predicted molar refractivity (Wildman–Crippen MR) is 74.2 cm³/mol. The van der Waals surface area contributed by atoms with Gasteiger partial charge in [0, 0.05) is 0 Å². The summed E-state index contributed by atoms with van der Waals surface area (Å²) in [4.78, 5) is 21.0. The fourth-order valence-electron chi connectivity index (χ4n) is 1.32. The molecule has 0 saturated heterocycles. The minimum absolute atomic E-state index is 0.108. The van der Waals surface area contributed by atoms with Gasteiger partial charge in [0.1, 0.15) is 16.4 Å². The maximum atomic E-state index is 12.9. The van der Waals surface area contributed by atoms with Gasteiger partial charge in [-0.15, -0.1) is 11.3 Å². The van der Waals surface area contributed by atoms with Crippen LogP contribution in [-0.4, -0.2) is 11.2 Å². The van der Waals surface area contributed by atoms with E-state index in [1.54, 1.807) is 5.38 Å². The maximum Gasteiger partial charge on any atom is 0.314 e. The molecule has 0 unspecified atom stereocenters. The molecule has 1 aromatic heterocycles. The Balaban J connectivity index is 0.000000956. The number of thiophene rings is 1. The number of hydrogen-bond donors (Lipinski definition) is 0. The Morgan fingerprint density at radius 3 is 2.60 bits per heavy atom. The van der Waals surface area contributed by atoms with Crippen molar-refractivity contribution in [3.05, 3.63) is 50.5 Å². The summed E-state index contributed by atoms with van der Waals surface area (Å²) < 4.78 is 18.2. The minimum Gasteiger partial charge on any atom is -0.448 e. The molecule has 7 heteroatoms. The highest BCUT2D eigenvalue weighted by molar-refractivity contribution is 7.12. The van der Waals surface area contributed by atoms with Crippen LogP contribution in [0.4, 0.5) is 10.1 Å². The standard InChI is InChI=1S/C11H6FNO4S.C2H6/c12-7-1-2-9(8(5-7)13(15)16)17-10-3-4-18-11(10)6-14;1-2/h1-6H;1-2H3. The molecule has 0 aliphatic carbocycles. The van der Waals surface area contributed by atoms with Crippen molar-refractivity contribution in [2.45, 2.75) is 13.8 Å². The number of nitrogens with zero attached hydrogens (tertiary/aromatic N) is 1. The molecule has 2 rings (SSSR count). The van der Waals surface area contributed by atoms with Gasteiger partial charge in [0.15, 0.2) is 6.29 Å². The lowest BCUT2D eigenvalue weighted by Gasteiger charge is -2.04. The molecule has 0 bridgehead atoms. The molecule has 20 heavy (non-hydrogen) atoms. The summed E-state index contributed by atoms with van der Waals surface area (Å²) in [5.41, 5.74) is -0.488. The highest BCUT2D eigenvalue weighted by atomic mass is 32.1. The highest BCUT2D eigenvalue weighted by Crippen LogP contribution is 2.34. The van der Waals surface area contributed by atoms with E-state index in [2.05, 4.69) is 0 Å². The summed E-state index contributed by atoms with van der Waals surface area (Å²) in [6, 6.07) is 4.48. The summed E-state index contributed by atoms with van der Waals surface area (Å²) in [6.45, 7) is 4.00. The van der Waals surface area contributed by atoms with Gasteiger partial charge in [-0.2, -0.15) is 0 Å². The van der Waals surface area contributed by atoms with Crippen LogP contribution in [0.2, 0.25) is 0 Å². The van der Waals surface area contributed by atoms with E-state index in [9.17, 15) is 19.3 Å². The van der Waals surface area contributed by atoms with Gasteiger partial charge in [0.2, 0.25) is 5.75 Å². The van der Waals surface area contributed by atoms with Gasteiger partial charge in [0.05, 0.1) is 11.0 Å². The first-order valence-corrected chi connectivity index (χ1v) is 6.64.